The third-order valence-corrected chi connectivity index (χ3v) is 3.15. The van der Waals surface area contributed by atoms with Gasteiger partial charge in [-0.2, -0.15) is 0 Å². The second-order valence-electron chi connectivity index (χ2n) is 4.78. The van der Waals surface area contributed by atoms with Gasteiger partial charge >= 0.3 is 0 Å². The van der Waals surface area contributed by atoms with Gasteiger partial charge in [0.05, 0.1) is 18.3 Å². The van der Waals surface area contributed by atoms with Crippen molar-refractivity contribution in [2.24, 2.45) is 0 Å². The Kier molecular flexibility index (Phi) is 5.69. The molecule has 4 heteroatoms. The number of pyridine rings is 1. The third-order valence-electron chi connectivity index (χ3n) is 3.15. The minimum Gasteiger partial charge on any atom is -0.494 e. The van der Waals surface area contributed by atoms with Gasteiger partial charge in [-0.3, -0.25) is 4.98 Å². The van der Waals surface area contributed by atoms with E-state index in [9.17, 15) is 4.39 Å². The van der Waals surface area contributed by atoms with E-state index in [1.165, 1.54) is 6.07 Å². The van der Waals surface area contributed by atoms with Gasteiger partial charge in [0.15, 0.2) is 0 Å². The summed E-state index contributed by atoms with van der Waals surface area (Å²) in [6, 6.07) is 10.5. The molecule has 1 aromatic heterocycles. The molecule has 0 saturated carbocycles. The lowest BCUT2D eigenvalue weighted by Crippen LogP contribution is -2.24. The molecule has 1 aromatic carbocycles. The second-order valence-corrected chi connectivity index (χ2v) is 4.78. The topological polar surface area (TPSA) is 34.1 Å². The first-order valence-electron chi connectivity index (χ1n) is 7.32. The van der Waals surface area contributed by atoms with Crippen LogP contribution < -0.4 is 10.1 Å². The molecule has 0 radical (unpaired) electrons. The van der Waals surface area contributed by atoms with Crippen molar-refractivity contribution in [3.8, 4) is 5.75 Å². The number of rotatable bonds is 7. The van der Waals surface area contributed by atoms with Crippen LogP contribution in [0.4, 0.5) is 4.39 Å². The standard InChI is InChI=1S/C17H21FN2O/c1-3-12-21-14-9-7-13(8-10-14)16(19-4-2)17-15(18)6-5-11-20-17/h5-11,16,19H,3-4,12H2,1-2H3. The number of ether oxygens (including phenoxy) is 1. The summed E-state index contributed by atoms with van der Waals surface area (Å²) in [5.41, 5.74) is 1.39. The average Bonchev–Trinajstić information content (AvgIpc) is 2.52. The van der Waals surface area contributed by atoms with Crippen molar-refractivity contribution in [2.75, 3.05) is 13.2 Å². The van der Waals surface area contributed by atoms with E-state index in [0.717, 1.165) is 24.3 Å². The molecule has 112 valence electrons. The molecular formula is C17H21FN2O. The van der Waals surface area contributed by atoms with Crippen LogP contribution in [0.5, 0.6) is 5.75 Å². The van der Waals surface area contributed by atoms with E-state index in [0.29, 0.717) is 12.3 Å². The van der Waals surface area contributed by atoms with Crippen LogP contribution in [0.3, 0.4) is 0 Å². The summed E-state index contributed by atoms with van der Waals surface area (Å²) in [6.07, 6.45) is 2.59. The first-order chi connectivity index (χ1) is 10.3. The Hall–Kier alpha value is -1.94. The SMILES string of the molecule is CCCOc1ccc(C(NCC)c2ncccc2F)cc1. The molecule has 0 fully saturated rings. The van der Waals surface area contributed by atoms with E-state index in [1.54, 1.807) is 12.3 Å². The van der Waals surface area contributed by atoms with Crippen molar-refractivity contribution in [1.29, 1.82) is 0 Å². The van der Waals surface area contributed by atoms with Gasteiger partial charge in [0, 0.05) is 6.20 Å². The molecule has 1 heterocycles. The fourth-order valence-corrected chi connectivity index (χ4v) is 2.16. The highest BCUT2D eigenvalue weighted by molar-refractivity contribution is 5.33. The van der Waals surface area contributed by atoms with Crippen LogP contribution in [0.25, 0.3) is 0 Å². The molecule has 0 aliphatic carbocycles. The highest BCUT2D eigenvalue weighted by atomic mass is 19.1. The number of aromatic nitrogens is 1. The molecule has 1 unspecified atom stereocenters. The Morgan fingerprint density at radius 2 is 1.95 bits per heavy atom. The van der Waals surface area contributed by atoms with Crippen LogP contribution in [0.15, 0.2) is 42.6 Å². The highest BCUT2D eigenvalue weighted by Crippen LogP contribution is 2.24. The Labute approximate surface area is 125 Å². The van der Waals surface area contributed by atoms with Crippen molar-refractivity contribution in [1.82, 2.24) is 10.3 Å². The smallest absolute Gasteiger partial charge is 0.146 e. The van der Waals surface area contributed by atoms with Crippen LogP contribution in [0, 0.1) is 5.82 Å². The average molecular weight is 288 g/mol. The lowest BCUT2D eigenvalue weighted by atomic mass is 10.0. The first kappa shape index (κ1) is 15.4. The van der Waals surface area contributed by atoms with Gasteiger partial charge in [-0.05, 0) is 42.8 Å². The monoisotopic (exact) mass is 288 g/mol. The molecule has 3 nitrogen and oxygen atoms in total. The molecule has 0 saturated heterocycles. The van der Waals surface area contributed by atoms with Crippen molar-refractivity contribution in [2.45, 2.75) is 26.3 Å². The van der Waals surface area contributed by atoms with Gasteiger partial charge in [-0.25, -0.2) is 4.39 Å². The van der Waals surface area contributed by atoms with Crippen LogP contribution in [0.1, 0.15) is 37.6 Å². The zero-order chi connectivity index (χ0) is 15.1. The largest absolute Gasteiger partial charge is 0.494 e. The van der Waals surface area contributed by atoms with E-state index in [1.807, 2.05) is 31.2 Å². The summed E-state index contributed by atoms with van der Waals surface area (Å²) >= 11 is 0. The normalized spacial score (nSPS) is 12.1. The van der Waals surface area contributed by atoms with Gasteiger partial charge < -0.3 is 10.1 Å². The number of halogens is 1. The lowest BCUT2D eigenvalue weighted by Gasteiger charge is -2.18. The highest BCUT2D eigenvalue weighted by Gasteiger charge is 2.18. The van der Waals surface area contributed by atoms with Crippen LogP contribution in [-0.4, -0.2) is 18.1 Å². The van der Waals surface area contributed by atoms with Gasteiger partial charge in [-0.15, -0.1) is 0 Å². The Morgan fingerprint density at radius 1 is 1.19 bits per heavy atom. The summed E-state index contributed by atoms with van der Waals surface area (Å²) in [6.45, 7) is 5.49. The molecule has 1 atom stereocenters. The molecule has 21 heavy (non-hydrogen) atoms. The fraction of sp³-hybridized carbons (Fsp3) is 0.353. The Balaban J connectivity index is 2.24. The van der Waals surface area contributed by atoms with Crippen molar-refractivity contribution in [3.63, 3.8) is 0 Å². The van der Waals surface area contributed by atoms with Gasteiger partial charge in [0.1, 0.15) is 11.6 Å². The van der Waals surface area contributed by atoms with E-state index in [2.05, 4.69) is 17.2 Å². The predicted octanol–water partition coefficient (Wildman–Crippen LogP) is 3.71. The van der Waals surface area contributed by atoms with Crippen LogP contribution in [-0.2, 0) is 0 Å². The van der Waals surface area contributed by atoms with Crippen molar-refractivity contribution < 1.29 is 9.13 Å². The maximum absolute atomic E-state index is 14.0. The molecule has 2 rings (SSSR count). The number of benzene rings is 1. The first-order valence-corrected chi connectivity index (χ1v) is 7.32. The Morgan fingerprint density at radius 3 is 2.57 bits per heavy atom. The number of hydrogen-bond donors (Lipinski definition) is 1. The van der Waals surface area contributed by atoms with Gasteiger partial charge in [0.2, 0.25) is 0 Å². The van der Waals surface area contributed by atoms with Crippen LogP contribution in [0.2, 0.25) is 0 Å². The number of nitrogens with one attached hydrogen (secondary N) is 1. The minimum atomic E-state index is -0.297. The van der Waals surface area contributed by atoms with Gasteiger partial charge in [-0.1, -0.05) is 26.0 Å². The molecular weight excluding hydrogens is 267 g/mol. The quantitative estimate of drug-likeness (QED) is 0.843. The van der Waals surface area contributed by atoms with Crippen molar-refractivity contribution in [3.05, 3.63) is 59.7 Å². The molecule has 1 N–H and O–H groups in total. The van der Waals surface area contributed by atoms with Crippen LogP contribution >= 0.6 is 0 Å². The number of hydrogen-bond acceptors (Lipinski definition) is 3. The fourth-order valence-electron chi connectivity index (χ4n) is 2.16. The molecule has 0 bridgehead atoms. The van der Waals surface area contributed by atoms with Crippen molar-refractivity contribution >= 4 is 0 Å². The molecule has 0 spiro atoms. The number of nitrogens with zero attached hydrogens (tertiary/aromatic N) is 1. The zero-order valence-corrected chi connectivity index (χ0v) is 12.5. The maximum atomic E-state index is 14.0. The summed E-state index contributed by atoms with van der Waals surface area (Å²) in [7, 11) is 0. The van der Waals surface area contributed by atoms with E-state index >= 15 is 0 Å². The lowest BCUT2D eigenvalue weighted by molar-refractivity contribution is 0.317. The molecule has 0 amide bonds. The summed E-state index contributed by atoms with van der Waals surface area (Å²) in [5, 5.41) is 3.28. The second kappa shape index (κ2) is 7.74. The summed E-state index contributed by atoms with van der Waals surface area (Å²) in [5.74, 6) is 0.534. The minimum absolute atomic E-state index is 0.253. The van der Waals surface area contributed by atoms with E-state index in [4.69, 9.17) is 4.74 Å². The maximum Gasteiger partial charge on any atom is 0.146 e. The summed E-state index contributed by atoms with van der Waals surface area (Å²) in [4.78, 5) is 4.18. The van der Waals surface area contributed by atoms with E-state index < -0.39 is 0 Å². The summed E-state index contributed by atoms with van der Waals surface area (Å²) < 4.78 is 19.5. The predicted molar refractivity (Wildman–Crippen MR) is 81.9 cm³/mol. The van der Waals surface area contributed by atoms with Gasteiger partial charge in [0.25, 0.3) is 0 Å². The third kappa shape index (κ3) is 4.02. The van der Waals surface area contributed by atoms with E-state index in [-0.39, 0.29) is 11.9 Å². The Bertz CT molecular complexity index is 557. The zero-order valence-electron chi connectivity index (χ0n) is 12.5. The molecule has 0 aliphatic rings. The molecule has 0 aliphatic heterocycles. The molecule has 2 aromatic rings.